The Morgan fingerprint density at radius 3 is 2.65 bits per heavy atom. The number of carbonyl (C=O) groups excluding carboxylic acids is 1. The van der Waals surface area contributed by atoms with Crippen molar-refractivity contribution in [2.45, 2.75) is 12.3 Å². The van der Waals surface area contributed by atoms with Gasteiger partial charge < -0.3 is 4.90 Å². The molecule has 0 radical (unpaired) electrons. The van der Waals surface area contributed by atoms with Crippen LogP contribution < -0.4 is 0 Å². The summed E-state index contributed by atoms with van der Waals surface area (Å²) in [7, 11) is 0. The van der Waals surface area contributed by atoms with Crippen molar-refractivity contribution in [3.05, 3.63) is 35.1 Å². The molecule has 6 heteroatoms. The van der Waals surface area contributed by atoms with Gasteiger partial charge in [-0.05, 0) is 19.1 Å². The predicted molar refractivity (Wildman–Crippen MR) is 59.3 cm³/mol. The molecule has 1 saturated heterocycles. The zero-order chi connectivity index (χ0) is 12.6. The molecular weight excluding hydrogens is 251 g/mol. The molecule has 1 aliphatic heterocycles. The zero-order valence-electron chi connectivity index (χ0n) is 9.04. The molecule has 0 spiro atoms. The Kier molecular flexibility index (Phi) is 3.33. The van der Waals surface area contributed by atoms with Crippen molar-refractivity contribution < 1.29 is 18.0 Å². The lowest BCUT2D eigenvalue weighted by atomic mass is 10.1. The number of benzene rings is 1. The number of thioether (sulfide) groups is 1. The third-order valence-corrected chi connectivity index (χ3v) is 3.81. The van der Waals surface area contributed by atoms with Crippen molar-refractivity contribution in [3.8, 4) is 0 Å². The number of hydrogen-bond acceptors (Lipinski definition) is 2. The van der Waals surface area contributed by atoms with Crippen LogP contribution in [0, 0.1) is 17.5 Å². The Morgan fingerprint density at radius 2 is 2.06 bits per heavy atom. The normalized spacial score (nSPS) is 19.8. The van der Waals surface area contributed by atoms with E-state index >= 15 is 0 Å². The van der Waals surface area contributed by atoms with Gasteiger partial charge in [0, 0.05) is 12.3 Å². The van der Waals surface area contributed by atoms with E-state index in [1.165, 1.54) is 4.90 Å². The van der Waals surface area contributed by atoms with Crippen LogP contribution in [0.25, 0.3) is 0 Å². The Hall–Kier alpha value is -1.17. The van der Waals surface area contributed by atoms with Crippen LogP contribution in [-0.4, -0.2) is 28.5 Å². The van der Waals surface area contributed by atoms with E-state index < -0.39 is 28.9 Å². The SMILES string of the molecule is CC1SCCN1C(=O)c1ccc(F)c(F)c1F. The van der Waals surface area contributed by atoms with Crippen molar-refractivity contribution >= 4 is 17.7 Å². The second-order valence-electron chi connectivity index (χ2n) is 3.69. The summed E-state index contributed by atoms with van der Waals surface area (Å²) in [6, 6.07) is 1.74. The third kappa shape index (κ3) is 2.13. The highest BCUT2D eigenvalue weighted by molar-refractivity contribution is 8.00. The Morgan fingerprint density at radius 1 is 1.35 bits per heavy atom. The highest BCUT2D eigenvalue weighted by Crippen LogP contribution is 2.26. The van der Waals surface area contributed by atoms with Crippen molar-refractivity contribution in [2.24, 2.45) is 0 Å². The fourth-order valence-electron chi connectivity index (χ4n) is 1.71. The minimum Gasteiger partial charge on any atom is -0.326 e. The molecule has 0 bridgehead atoms. The summed E-state index contributed by atoms with van der Waals surface area (Å²) in [4.78, 5) is 13.4. The van der Waals surface area contributed by atoms with Gasteiger partial charge in [0.15, 0.2) is 17.5 Å². The molecule has 1 heterocycles. The van der Waals surface area contributed by atoms with Crippen LogP contribution in [0.4, 0.5) is 13.2 Å². The van der Waals surface area contributed by atoms with Crippen LogP contribution in [0.1, 0.15) is 17.3 Å². The number of carbonyl (C=O) groups is 1. The molecule has 1 atom stereocenters. The van der Waals surface area contributed by atoms with Gasteiger partial charge in [-0.1, -0.05) is 0 Å². The van der Waals surface area contributed by atoms with Crippen LogP contribution in [0.15, 0.2) is 12.1 Å². The van der Waals surface area contributed by atoms with E-state index in [2.05, 4.69) is 0 Å². The van der Waals surface area contributed by atoms with E-state index in [4.69, 9.17) is 0 Å². The summed E-state index contributed by atoms with van der Waals surface area (Å²) in [5.41, 5.74) is -0.418. The maximum absolute atomic E-state index is 13.4. The molecule has 92 valence electrons. The first kappa shape index (κ1) is 12.3. The van der Waals surface area contributed by atoms with Crippen molar-refractivity contribution in [3.63, 3.8) is 0 Å². The fraction of sp³-hybridized carbons (Fsp3) is 0.364. The third-order valence-electron chi connectivity index (χ3n) is 2.66. The minimum absolute atomic E-state index is 0.0741. The van der Waals surface area contributed by atoms with Gasteiger partial charge in [-0.15, -0.1) is 11.8 Å². The predicted octanol–water partition coefficient (Wildman–Crippen LogP) is 2.64. The molecule has 1 aromatic rings. The maximum atomic E-state index is 13.4. The topological polar surface area (TPSA) is 20.3 Å². The van der Waals surface area contributed by atoms with Crippen LogP contribution in [0.2, 0.25) is 0 Å². The summed E-state index contributed by atoms with van der Waals surface area (Å²) in [5.74, 6) is -4.14. The minimum atomic E-state index is -1.60. The summed E-state index contributed by atoms with van der Waals surface area (Å²) >= 11 is 1.56. The molecule has 1 unspecified atom stereocenters. The summed E-state index contributed by atoms with van der Waals surface area (Å²) < 4.78 is 39.2. The Labute approximate surface area is 101 Å². The van der Waals surface area contributed by atoms with E-state index in [1.807, 2.05) is 6.92 Å². The largest absolute Gasteiger partial charge is 0.326 e. The molecule has 17 heavy (non-hydrogen) atoms. The number of rotatable bonds is 1. The highest BCUT2D eigenvalue weighted by atomic mass is 32.2. The quantitative estimate of drug-likeness (QED) is 0.724. The Bertz CT molecular complexity index is 466. The highest BCUT2D eigenvalue weighted by Gasteiger charge is 2.29. The lowest BCUT2D eigenvalue weighted by Crippen LogP contribution is -2.33. The first-order valence-corrected chi connectivity index (χ1v) is 6.13. The standard InChI is InChI=1S/C11H10F3NOS/c1-6-15(4-5-17-6)11(16)7-2-3-8(12)10(14)9(7)13/h2-3,6H,4-5H2,1H3. The van der Waals surface area contributed by atoms with Gasteiger partial charge in [-0.2, -0.15) is 0 Å². The van der Waals surface area contributed by atoms with Crippen LogP contribution in [-0.2, 0) is 0 Å². The molecule has 1 amide bonds. The molecule has 2 rings (SSSR count). The first-order valence-electron chi connectivity index (χ1n) is 5.08. The van der Waals surface area contributed by atoms with Gasteiger partial charge in [-0.25, -0.2) is 13.2 Å². The molecule has 0 saturated carbocycles. The Balaban J connectivity index is 2.34. The second kappa shape index (κ2) is 4.60. The molecule has 1 aliphatic rings. The van der Waals surface area contributed by atoms with Gasteiger partial charge in [-0.3, -0.25) is 4.79 Å². The second-order valence-corrected chi connectivity index (χ2v) is 5.12. The van der Waals surface area contributed by atoms with Crippen molar-refractivity contribution in [1.82, 2.24) is 4.90 Å². The van der Waals surface area contributed by atoms with E-state index in [-0.39, 0.29) is 5.37 Å². The average molecular weight is 261 g/mol. The molecule has 0 aromatic heterocycles. The lowest BCUT2D eigenvalue weighted by Gasteiger charge is -2.20. The van der Waals surface area contributed by atoms with Crippen LogP contribution in [0.5, 0.6) is 0 Å². The average Bonchev–Trinajstić information content (AvgIpc) is 2.72. The van der Waals surface area contributed by atoms with Crippen molar-refractivity contribution in [2.75, 3.05) is 12.3 Å². The first-order chi connectivity index (χ1) is 8.02. The maximum Gasteiger partial charge on any atom is 0.257 e. The van der Waals surface area contributed by atoms with E-state index in [9.17, 15) is 18.0 Å². The zero-order valence-corrected chi connectivity index (χ0v) is 9.86. The summed E-state index contributed by atoms with van der Waals surface area (Å²) in [5, 5.41) is -0.0741. The lowest BCUT2D eigenvalue weighted by molar-refractivity contribution is 0.0762. The summed E-state index contributed by atoms with van der Waals surface area (Å²) in [6.45, 7) is 2.30. The molecule has 0 aliphatic carbocycles. The monoisotopic (exact) mass is 261 g/mol. The molecule has 0 N–H and O–H groups in total. The fourth-order valence-corrected chi connectivity index (χ4v) is 2.73. The molecular formula is C11H10F3NOS. The molecule has 2 nitrogen and oxygen atoms in total. The van der Waals surface area contributed by atoms with Gasteiger partial charge in [0.2, 0.25) is 0 Å². The van der Waals surface area contributed by atoms with E-state index in [1.54, 1.807) is 11.8 Å². The number of hydrogen-bond donors (Lipinski definition) is 0. The van der Waals surface area contributed by atoms with Crippen LogP contribution in [0.3, 0.4) is 0 Å². The van der Waals surface area contributed by atoms with E-state index in [0.29, 0.717) is 6.54 Å². The summed E-state index contributed by atoms with van der Waals surface area (Å²) in [6.07, 6.45) is 0. The van der Waals surface area contributed by atoms with Crippen LogP contribution >= 0.6 is 11.8 Å². The van der Waals surface area contributed by atoms with Gasteiger partial charge in [0.1, 0.15) is 0 Å². The number of nitrogens with zero attached hydrogens (tertiary/aromatic N) is 1. The van der Waals surface area contributed by atoms with Gasteiger partial charge in [0.05, 0.1) is 10.9 Å². The van der Waals surface area contributed by atoms with Crippen molar-refractivity contribution in [1.29, 1.82) is 0 Å². The molecule has 1 aromatic carbocycles. The number of halogens is 3. The smallest absolute Gasteiger partial charge is 0.257 e. The van der Waals surface area contributed by atoms with Gasteiger partial charge in [0.25, 0.3) is 5.91 Å². The molecule has 1 fully saturated rings. The van der Waals surface area contributed by atoms with Gasteiger partial charge >= 0.3 is 0 Å². The van der Waals surface area contributed by atoms with E-state index in [0.717, 1.165) is 17.9 Å². The number of amides is 1.